The Morgan fingerprint density at radius 1 is 1.00 bits per heavy atom. The van der Waals surface area contributed by atoms with Crippen LogP contribution in [0.3, 0.4) is 0 Å². The third kappa shape index (κ3) is 7.47. The molecule has 2 rings (SSSR count). The fourth-order valence-corrected chi connectivity index (χ4v) is 4.14. The number of nitrogens with zero attached hydrogens (tertiary/aromatic N) is 1. The summed E-state index contributed by atoms with van der Waals surface area (Å²) in [7, 11) is 0. The van der Waals surface area contributed by atoms with E-state index < -0.39 is 0 Å². The highest BCUT2D eigenvalue weighted by molar-refractivity contribution is 5.26. The van der Waals surface area contributed by atoms with Crippen molar-refractivity contribution < 1.29 is 0 Å². The Kier molecular flexibility index (Phi) is 9.42. The van der Waals surface area contributed by atoms with Crippen LogP contribution in [-0.2, 0) is 6.42 Å². The van der Waals surface area contributed by atoms with Crippen LogP contribution in [-0.4, -0.2) is 0 Å². The van der Waals surface area contributed by atoms with E-state index in [-0.39, 0.29) is 0 Å². The Morgan fingerprint density at radius 3 is 2.40 bits per heavy atom. The van der Waals surface area contributed by atoms with Crippen molar-refractivity contribution in [2.75, 3.05) is 0 Å². The van der Waals surface area contributed by atoms with Gasteiger partial charge in [-0.15, -0.1) is 0 Å². The fraction of sp³-hybridized carbons (Fsp3) is 0.625. The summed E-state index contributed by atoms with van der Waals surface area (Å²) in [6, 6.07) is 11.6. The summed E-state index contributed by atoms with van der Waals surface area (Å²) in [6.07, 6.45) is 19.4. The summed E-state index contributed by atoms with van der Waals surface area (Å²) < 4.78 is 0. The molecule has 0 aliphatic heterocycles. The van der Waals surface area contributed by atoms with Crippen LogP contribution in [0.1, 0.15) is 94.6 Å². The van der Waals surface area contributed by atoms with Crippen LogP contribution in [0.5, 0.6) is 0 Å². The molecule has 1 fully saturated rings. The summed E-state index contributed by atoms with van der Waals surface area (Å²) >= 11 is 0. The maximum atomic E-state index is 8.53. The molecule has 0 radical (unpaired) electrons. The van der Waals surface area contributed by atoms with Crippen molar-refractivity contribution in [3.63, 3.8) is 0 Å². The maximum Gasteiger partial charge on any atom is 0.0908 e. The van der Waals surface area contributed by atoms with Crippen molar-refractivity contribution in [2.24, 2.45) is 5.92 Å². The van der Waals surface area contributed by atoms with Gasteiger partial charge in [-0.3, -0.25) is 0 Å². The molecule has 1 heteroatoms. The van der Waals surface area contributed by atoms with Crippen molar-refractivity contribution in [1.29, 1.82) is 5.26 Å². The van der Waals surface area contributed by atoms with Crippen LogP contribution < -0.4 is 0 Å². The van der Waals surface area contributed by atoms with E-state index in [9.17, 15) is 0 Å². The topological polar surface area (TPSA) is 23.8 Å². The molecular formula is C24H35N. The quantitative estimate of drug-likeness (QED) is 0.324. The van der Waals surface area contributed by atoms with Crippen LogP contribution in [0, 0.1) is 17.2 Å². The van der Waals surface area contributed by atoms with Gasteiger partial charge in [0.1, 0.15) is 0 Å². The number of rotatable bonds is 10. The molecule has 0 heterocycles. The van der Waals surface area contributed by atoms with Gasteiger partial charge in [-0.2, -0.15) is 5.26 Å². The van der Waals surface area contributed by atoms with Gasteiger partial charge in [0.15, 0.2) is 0 Å². The first-order valence-corrected chi connectivity index (χ1v) is 10.5. The van der Waals surface area contributed by atoms with Gasteiger partial charge in [-0.1, -0.05) is 62.9 Å². The molecule has 136 valence electrons. The Labute approximate surface area is 155 Å². The summed E-state index contributed by atoms with van der Waals surface area (Å²) in [6.45, 7) is 2.28. The lowest BCUT2D eigenvalue weighted by atomic mass is 9.77. The Bertz CT molecular complexity index is 526. The van der Waals surface area contributed by atoms with Gasteiger partial charge in [0.25, 0.3) is 0 Å². The average Bonchev–Trinajstić information content (AvgIpc) is 2.66. The molecule has 0 amide bonds. The molecular weight excluding hydrogens is 302 g/mol. The lowest BCUT2D eigenvalue weighted by Crippen LogP contribution is -2.13. The van der Waals surface area contributed by atoms with Crippen molar-refractivity contribution in [3.8, 4) is 6.07 Å². The van der Waals surface area contributed by atoms with Crippen LogP contribution in [0.2, 0.25) is 0 Å². The first-order valence-electron chi connectivity index (χ1n) is 10.5. The molecule has 25 heavy (non-hydrogen) atoms. The molecule has 0 aromatic heterocycles. The van der Waals surface area contributed by atoms with E-state index in [0.717, 1.165) is 18.3 Å². The SMILES string of the molecule is CCCCCCCc1ccc(C2CCC(CCC=CC#N)CC2)cc1. The lowest BCUT2D eigenvalue weighted by molar-refractivity contribution is 0.312. The molecule has 0 atom stereocenters. The summed E-state index contributed by atoms with van der Waals surface area (Å²) in [5.74, 6) is 1.63. The van der Waals surface area contributed by atoms with Crippen LogP contribution in [0.25, 0.3) is 0 Å². The van der Waals surface area contributed by atoms with Crippen molar-refractivity contribution in [3.05, 3.63) is 47.5 Å². The summed E-state index contributed by atoms with van der Waals surface area (Å²) in [5.41, 5.74) is 3.07. The standard InChI is InChI=1S/C24H35N/c1-2-3-4-5-7-10-21-12-16-23(17-13-21)24-18-14-22(15-19-24)11-8-6-9-20-25/h6,9,12-13,16-17,22,24H,2-5,7-8,10-11,14-15,18-19H2,1H3. The van der Waals surface area contributed by atoms with Gasteiger partial charge in [0.05, 0.1) is 6.07 Å². The highest BCUT2D eigenvalue weighted by Crippen LogP contribution is 2.37. The van der Waals surface area contributed by atoms with Crippen LogP contribution in [0.4, 0.5) is 0 Å². The van der Waals surface area contributed by atoms with Gasteiger partial charge in [-0.05, 0) is 74.3 Å². The third-order valence-electron chi connectivity index (χ3n) is 5.80. The normalized spacial score (nSPS) is 20.6. The number of aryl methyl sites for hydroxylation is 1. The zero-order valence-electron chi connectivity index (χ0n) is 16.1. The number of unbranched alkanes of at least 4 members (excludes halogenated alkanes) is 4. The van der Waals surface area contributed by atoms with Gasteiger partial charge < -0.3 is 0 Å². The van der Waals surface area contributed by atoms with Gasteiger partial charge >= 0.3 is 0 Å². The summed E-state index contributed by atoms with van der Waals surface area (Å²) in [4.78, 5) is 0. The molecule has 1 aromatic rings. The van der Waals surface area contributed by atoms with E-state index in [2.05, 4.69) is 37.3 Å². The van der Waals surface area contributed by atoms with E-state index in [4.69, 9.17) is 5.26 Å². The van der Waals surface area contributed by atoms with E-state index in [1.165, 1.54) is 76.2 Å². The highest BCUT2D eigenvalue weighted by Gasteiger charge is 2.21. The van der Waals surface area contributed by atoms with Crippen molar-refractivity contribution >= 4 is 0 Å². The molecule has 1 aliphatic carbocycles. The van der Waals surface area contributed by atoms with Crippen molar-refractivity contribution in [2.45, 2.75) is 89.9 Å². The summed E-state index contributed by atoms with van der Waals surface area (Å²) in [5, 5.41) is 8.53. The number of nitriles is 1. The predicted molar refractivity (Wildman–Crippen MR) is 108 cm³/mol. The van der Waals surface area contributed by atoms with Gasteiger partial charge in [0, 0.05) is 6.08 Å². The highest BCUT2D eigenvalue weighted by atomic mass is 14.3. The van der Waals surface area contributed by atoms with Gasteiger partial charge in [-0.25, -0.2) is 0 Å². The molecule has 0 spiro atoms. The Morgan fingerprint density at radius 2 is 1.72 bits per heavy atom. The lowest BCUT2D eigenvalue weighted by Gasteiger charge is -2.28. The van der Waals surface area contributed by atoms with Crippen molar-refractivity contribution in [1.82, 2.24) is 0 Å². The molecule has 1 aliphatic rings. The fourth-order valence-electron chi connectivity index (χ4n) is 4.14. The minimum Gasteiger partial charge on any atom is -0.193 e. The number of hydrogen-bond donors (Lipinski definition) is 0. The van der Waals surface area contributed by atoms with Crippen LogP contribution >= 0.6 is 0 Å². The number of allylic oxidation sites excluding steroid dienone is 2. The first kappa shape index (κ1) is 19.8. The number of benzene rings is 1. The molecule has 1 saturated carbocycles. The number of hydrogen-bond acceptors (Lipinski definition) is 1. The molecule has 1 nitrogen and oxygen atoms in total. The minimum absolute atomic E-state index is 0.768. The maximum absolute atomic E-state index is 8.53. The molecule has 0 saturated heterocycles. The van der Waals surface area contributed by atoms with E-state index in [1.807, 2.05) is 6.08 Å². The van der Waals surface area contributed by atoms with Crippen LogP contribution in [0.15, 0.2) is 36.4 Å². The second-order valence-corrected chi connectivity index (χ2v) is 7.73. The zero-order chi connectivity index (χ0) is 17.7. The molecule has 0 bridgehead atoms. The smallest absolute Gasteiger partial charge is 0.0908 e. The third-order valence-corrected chi connectivity index (χ3v) is 5.80. The molecule has 0 N–H and O–H groups in total. The molecule has 1 aromatic carbocycles. The Hall–Kier alpha value is -1.55. The largest absolute Gasteiger partial charge is 0.193 e. The second-order valence-electron chi connectivity index (χ2n) is 7.73. The second kappa shape index (κ2) is 11.9. The average molecular weight is 338 g/mol. The van der Waals surface area contributed by atoms with Gasteiger partial charge in [0.2, 0.25) is 0 Å². The Balaban J connectivity index is 1.69. The van der Waals surface area contributed by atoms with E-state index >= 15 is 0 Å². The predicted octanol–water partition coefficient (Wildman–Crippen LogP) is 7.33. The van der Waals surface area contributed by atoms with E-state index in [1.54, 1.807) is 11.6 Å². The first-order chi connectivity index (χ1) is 12.3. The van der Waals surface area contributed by atoms with E-state index in [0.29, 0.717) is 0 Å². The monoisotopic (exact) mass is 337 g/mol. The minimum atomic E-state index is 0.768. The zero-order valence-corrected chi connectivity index (χ0v) is 16.1. The molecule has 0 unspecified atom stereocenters.